The fourth-order valence-electron chi connectivity index (χ4n) is 2.02. The summed E-state index contributed by atoms with van der Waals surface area (Å²) < 4.78 is 15.6. The van der Waals surface area contributed by atoms with Gasteiger partial charge in [-0.15, -0.1) is 0 Å². The van der Waals surface area contributed by atoms with Crippen LogP contribution >= 0.6 is 0 Å². The topological polar surface area (TPSA) is 70.8 Å². The molecule has 0 unspecified atom stereocenters. The number of carbonyl (C=O) groups excluding carboxylic acids is 1. The average molecular weight is 301 g/mol. The number of hydrogen-bond acceptors (Lipinski definition) is 5. The van der Waals surface area contributed by atoms with Crippen LogP contribution in [0.15, 0.2) is 48.5 Å². The average Bonchev–Trinajstić information content (AvgIpc) is 2.55. The first-order valence-corrected chi connectivity index (χ1v) is 6.87. The van der Waals surface area contributed by atoms with Crippen LogP contribution in [0.1, 0.15) is 5.56 Å². The second-order valence-corrected chi connectivity index (χ2v) is 4.73. The Morgan fingerprint density at radius 3 is 2.36 bits per heavy atom. The minimum absolute atomic E-state index is 0.367. The molecule has 0 saturated carbocycles. The van der Waals surface area contributed by atoms with Crippen molar-refractivity contribution in [1.29, 1.82) is 0 Å². The van der Waals surface area contributed by atoms with Gasteiger partial charge < -0.3 is 19.9 Å². The van der Waals surface area contributed by atoms with Crippen LogP contribution < -0.4 is 19.9 Å². The highest BCUT2D eigenvalue weighted by Gasteiger charge is 2.17. The zero-order valence-corrected chi connectivity index (χ0v) is 12.6. The fraction of sp³-hybridized carbons (Fsp3) is 0.235. The van der Waals surface area contributed by atoms with Gasteiger partial charge in [0.25, 0.3) is 0 Å². The van der Waals surface area contributed by atoms with Crippen molar-refractivity contribution in [2.75, 3.05) is 14.2 Å². The Bertz CT molecular complexity index is 628. The number of carbonyl (C=O) groups is 1. The van der Waals surface area contributed by atoms with Crippen LogP contribution in [0.5, 0.6) is 17.2 Å². The summed E-state index contributed by atoms with van der Waals surface area (Å²) in [4.78, 5) is 12.1. The van der Waals surface area contributed by atoms with Gasteiger partial charge in [0.05, 0.1) is 14.2 Å². The molecule has 0 bridgehead atoms. The standard InChI is InChI=1S/C17H19NO4/c1-20-15-9-8-13(11-16(15)21-2)22-17(19)14(18)10-12-6-4-3-5-7-12/h3-9,11,14H,10,18H2,1-2H3/t14-/m0/s1. The molecule has 116 valence electrons. The summed E-state index contributed by atoms with van der Waals surface area (Å²) in [5.74, 6) is 0.933. The highest BCUT2D eigenvalue weighted by Crippen LogP contribution is 2.30. The maximum Gasteiger partial charge on any atom is 0.328 e. The van der Waals surface area contributed by atoms with Crippen LogP contribution in [-0.2, 0) is 11.2 Å². The van der Waals surface area contributed by atoms with Gasteiger partial charge >= 0.3 is 5.97 Å². The Morgan fingerprint density at radius 2 is 1.73 bits per heavy atom. The number of methoxy groups -OCH3 is 2. The highest BCUT2D eigenvalue weighted by molar-refractivity contribution is 5.78. The summed E-state index contributed by atoms with van der Waals surface area (Å²) >= 11 is 0. The van der Waals surface area contributed by atoms with Crippen LogP contribution in [0.3, 0.4) is 0 Å². The van der Waals surface area contributed by atoms with E-state index in [-0.39, 0.29) is 0 Å². The Hall–Kier alpha value is -2.53. The highest BCUT2D eigenvalue weighted by atomic mass is 16.5. The first-order valence-electron chi connectivity index (χ1n) is 6.87. The van der Waals surface area contributed by atoms with E-state index in [1.807, 2.05) is 30.3 Å². The molecular weight excluding hydrogens is 282 g/mol. The van der Waals surface area contributed by atoms with Gasteiger partial charge in [0, 0.05) is 6.07 Å². The summed E-state index contributed by atoms with van der Waals surface area (Å²) in [5, 5.41) is 0. The van der Waals surface area contributed by atoms with Crippen molar-refractivity contribution >= 4 is 5.97 Å². The van der Waals surface area contributed by atoms with E-state index < -0.39 is 12.0 Å². The zero-order chi connectivity index (χ0) is 15.9. The van der Waals surface area contributed by atoms with E-state index >= 15 is 0 Å². The predicted molar refractivity (Wildman–Crippen MR) is 83.3 cm³/mol. The van der Waals surface area contributed by atoms with Gasteiger partial charge in [-0.25, -0.2) is 4.79 Å². The molecule has 0 aromatic heterocycles. The van der Waals surface area contributed by atoms with Gasteiger partial charge in [-0.05, 0) is 24.1 Å². The third-order valence-electron chi connectivity index (χ3n) is 3.17. The Kier molecular flexibility index (Phi) is 5.38. The van der Waals surface area contributed by atoms with Crippen LogP contribution in [0.2, 0.25) is 0 Å². The smallest absolute Gasteiger partial charge is 0.328 e. The number of benzene rings is 2. The van der Waals surface area contributed by atoms with Crippen molar-refractivity contribution in [3.63, 3.8) is 0 Å². The SMILES string of the molecule is COc1ccc(OC(=O)[C@@H](N)Cc2ccccc2)cc1OC. The number of esters is 1. The molecule has 2 aromatic carbocycles. The van der Waals surface area contributed by atoms with Crippen molar-refractivity contribution in [1.82, 2.24) is 0 Å². The largest absolute Gasteiger partial charge is 0.493 e. The summed E-state index contributed by atoms with van der Waals surface area (Å²) in [6, 6.07) is 13.7. The zero-order valence-electron chi connectivity index (χ0n) is 12.6. The second-order valence-electron chi connectivity index (χ2n) is 4.73. The molecule has 2 rings (SSSR count). The number of hydrogen-bond donors (Lipinski definition) is 1. The van der Waals surface area contributed by atoms with E-state index in [0.29, 0.717) is 23.7 Å². The molecule has 0 saturated heterocycles. The van der Waals surface area contributed by atoms with Gasteiger partial charge in [-0.1, -0.05) is 30.3 Å². The summed E-state index contributed by atoms with van der Waals surface area (Å²) in [5.41, 5.74) is 6.88. The first kappa shape index (κ1) is 15.9. The lowest BCUT2D eigenvalue weighted by Crippen LogP contribution is -2.36. The predicted octanol–water partition coefficient (Wildman–Crippen LogP) is 2.18. The number of nitrogens with two attached hydrogens (primary N) is 1. The molecule has 0 spiro atoms. The third kappa shape index (κ3) is 3.99. The molecule has 2 N–H and O–H groups in total. The number of ether oxygens (including phenoxy) is 3. The minimum atomic E-state index is -0.726. The molecule has 0 radical (unpaired) electrons. The molecule has 2 aromatic rings. The monoisotopic (exact) mass is 301 g/mol. The summed E-state index contributed by atoms with van der Waals surface area (Å²) in [6.45, 7) is 0. The van der Waals surface area contributed by atoms with Gasteiger partial charge in [-0.2, -0.15) is 0 Å². The third-order valence-corrected chi connectivity index (χ3v) is 3.17. The molecule has 0 aliphatic heterocycles. The number of rotatable bonds is 6. The Balaban J connectivity index is 2.02. The lowest BCUT2D eigenvalue weighted by atomic mass is 10.1. The molecular formula is C17H19NO4. The maximum atomic E-state index is 12.1. The van der Waals surface area contributed by atoms with E-state index in [2.05, 4.69) is 0 Å². The molecule has 0 aliphatic carbocycles. The second kappa shape index (κ2) is 7.47. The van der Waals surface area contributed by atoms with E-state index in [0.717, 1.165) is 5.56 Å². The quantitative estimate of drug-likeness (QED) is 0.654. The van der Waals surface area contributed by atoms with Gasteiger partial charge in [0.2, 0.25) is 0 Å². The van der Waals surface area contributed by atoms with Crippen LogP contribution in [-0.4, -0.2) is 26.2 Å². The van der Waals surface area contributed by atoms with Crippen LogP contribution in [0.25, 0.3) is 0 Å². The molecule has 0 aliphatic rings. The van der Waals surface area contributed by atoms with Gasteiger partial charge in [-0.3, -0.25) is 0 Å². The van der Waals surface area contributed by atoms with Gasteiger partial charge in [0.15, 0.2) is 11.5 Å². The summed E-state index contributed by atoms with van der Waals surface area (Å²) in [6.07, 6.45) is 0.424. The van der Waals surface area contributed by atoms with E-state index in [1.165, 1.54) is 7.11 Å². The molecule has 0 fully saturated rings. The van der Waals surface area contributed by atoms with Crippen molar-refractivity contribution in [3.8, 4) is 17.2 Å². The molecule has 0 amide bonds. The maximum absolute atomic E-state index is 12.1. The van der Waals surface area contributed by atoms with Crippen molar-refractivity contribution in [2.45, 2.75) is 12.5 Å². The lowest BCUT2D eigenvalue weighted by Gasteiger charge is -2.13. The molecule has 22 heavy (non-hydrogen) atoms. The van der Waals surface area contributed by atoms with Crippen molar-refractivity contribution in [3.05, 3.63) is 54.1 Å². The van der Waals surface area contributed by atoms with Crippen molar-refractivity contribution < 1.29 is 19.0 Å². The normalized spacial score (nSPS) is 11.6. The van der Waals surface area contributed by atoms with Crippen LogP contribution in [0.4, 0.5) is 0 Å². The van der Waals surface area contributed by atoms with E-state index in [1.54, 1.807) is 25.3 Å². The molecule has 5 nitrogen and oxygen atoms in total. The molecule has 5 heteroatoms. The summed E-state index contributed by atoms with van der Waals surface area (Å²) in [7, 11) is 3.06. The Morgan fingerprint density at radius 1 is 1.05 bits per heavy atom. The van der Waals surface area contributed by atoms with Crippen molar-refractivity contribution in [2.24, 2.45) is 5.73 Å². The fourth-order valence-corrected chi connectivity index (χ4v) is 2.02. The van der Waals surface area contributed by atoms with Gasteiger partial charge in [0.1, 0.15) is 11.8 Å². The molecule has 1 atom stereocenters. The minimum Gasteiger partial charge on any atom is -0.493 e. The van der Waals surface area contributed by atoms with E-state index in [9.17, 15) is 4.79 Å². The Labute approximate surface area is 129 Å². The first-order chi connectivity index (χ1) is 10.6. The van der Waals surface area contributed by atoms with Crippen LogP contribution in [0, 0.1) is 0 Å². The van der Waals surface area contributed by atoms with E-state index in [4.69, 9.17) is 19.9 Å². The molecule has 0 heterocycles. The lowest BCUT2D eigenvalue weighted by molar-refractivity contribution is -0.135.